The number of hydrogen-bond acceptors (Lipinski definition) is 4. The largest absolute Gasteiger partial charge is 0.508 e. The van der Waals surface area contributed by atoms with Gasteiger partial charge in [0.25, 0.3) is 0 Å². The number of allylic oxidation sites excluding steroid dienone is 4. The van der Waals surface area contributed by atoms with Gasteiger partial charge < -0.3 is 14.9 Å². The monoisotopic (exact) mass is 428 g/mol. The van der Waals surface area contributed by atoms with Crippen LogP contribution in [-0.4, -0.2) is 27.7 Å². The molecule has 0 spiro atoms. The van der Waals surface area contributed by atoms with Gasteiger partial charge in [-0.25, -0.2) is 0 Å². The lowest BCUT2D eigenvalue weighted by Gasteiger charge is -2.36. The number of Topliss-reactive ketones (excluding diaryl/α,β-unsaturated/α-hetero) is 1. The second-order valence-corrected chi connectivity index (χ2v) is 9.86. The van der Waals surface area contributed by atoms with Crippen LogP contribution >= 0.6 is 0 Å². The van der Waals surface area contributed by atoms with Crippen LogP contribution in [0.15, 0.2) is 35.9 Å². The van der Waals surface area contributed by atoms with Gasteiger partial charge in [-0.2, -0.15) is 0 Å². The molecule has 1 aromatic rings. The summed E-state index contributed by atoms with van der Waals surface area (Å²) in [6.07, 6.45) is 10.4. The predicted octanol–water partition coefficient (Wildman–Crippen LogP) is 6.07. The molecule has 3 atom stereocenters. The Morgan fingerprint density at radius 1 is 1.29 bits per heavy atom. The Balaban J connectivity index is 1.83. The standard InChI is InChI=1S/C27H40O4/c1-18(2)15-24(29)25(30)20(4)11-7-9-19(3)10-8-13-27(6)14-12-22-17-23(28)16-21(5)26(22)31-27/h7,10-11,16-18,20,24,28-29H,8-9,12-15H2,1-6H3/b11-7?,19-10+/t20?,24-,27-/m1/s1. The zero-order valence-electron chi connectivity index (χ0n) is 20.1. The number of carbonyl (C=O) groups excluding carboxylic acids is 1. The Morgan fingerprint density at radius 2 is 2.00 bits per heavy atom. The summed E-state index contributed by atoms with van der Waals surface area (Å²) in [5.41, 5.74) is 3.14. The van der Waals surface area contributed by atoms with Crippen molar-refractivity contribution in [2.45, 2.75) is 91.8 Å². The molecule has 0 saturated carbocycles. The molecule has 2 N–H and O–H groups in total. The lowest BCUT2D eigenvalue weighted by atomic mass is 9.87. The third kappa shape index (κ3) is 7.53. The third-order valence-corrected chi connectivity index (χ3v) is 6.11. The number of ketones is 1. The number of carbonyl (C=O) groups is 1. The molecule has 1 heterocycles. The van der Waals surface area contributed by atoms with Crippen LogP contribution in [0, 0.1) is 18.8 Å². The molecule has 0 bridgehead atoms. The van der Waals surface area contributed by atoms with E-state index in [2.05, 4.69) is 19.9 Å². The van der Waals surface area contributed by atoms with Gasteiger partial charge in [-0.05, 0) is 88.5 Å². The van der Waals surface area contributed by atoms with Crippen molar-refractivity contribution < 1.29 is 19.7 Å². The lowest BCUT2D eigenvalue weighted by molar-refractivity contribution is -0.130. The maximum Gasteiger partial charge on any atom is 0.167 e. The van der Waals surface area contributed by atoms with Crippen molar-refractivity contribution in [3.8, 4) is 11.5 Å². The van der Waals surface area contributed by atoms with Gasteiger partial charge in [-0.1, -0.05) is 44.6 Å². The summed E-state index contributed by atoms with van der Waals surface area (Å²) in [5.74, 6) is 1.17. The minimum Gasteiger partial charge on any atom is -0.508 e. The van der Waals surface area contributed by atoms with E-state index >= 15 is 0 Å². The molecule has 2 rings (SSSR count). The molecule has 0 aromatic heterocycles. The van der Waals surface area contributed by atoms with Crippen LogP contribution in [0.5, 0.6) is 11.5 Å². The first-order valence-electron chi connectivity index (χ1n) is 11.6. The van der Waals surface area contributed by atoms with Crippen LogP contribution in [0.3, 0.4) is 0 Å². The van der Waals surface area contributed by atoms with Gasteiger partial charge in [0.15, 0.2) is 5.78 Å². The average Bonchev–Trinajstić information content (AvgIpc) is 2.67. The van der Waals surface area contributed by atoms with Crippen molar-refractivity contribution in [1.82, 2.24) is 0 Å². The minimum atomic E-state index is -0.870. The van der Waals surface area contributed by atoms with Gasteiger partial charge in [-0.3, -0.25) is 4.79 Å². The summed E-state index contributed by atoms with van der Waals surface area (Å²) in [6, 6.07) is 3.57. The molecule has 1 unspecified atom stereocenters. The van der Waals surface area contributed by atoms with Gasteiger partial charge in [0.1, 0.15) is 23.2 Å². The molecule has 1 aliphatic heterocycles. The molecular formula is C27H40O4. The second kappa shape index (κ2) is 11.0. The summed E-state index contributed by atoms with van der Waals surface area (Å²) in [5, 5.41) is 19.8. The first-order chi connectivity index (χ1) is 14.5. The number of rotatable bonds is 10. The van der Waals surface area contributed by atoms with Crippen LogP contribution in [-0.2, 0) is 11.2 Å². The van der Waals surface area contributed by atoms with Crippen LogP contribution in [0.2, 0.25) is 0 Å². The summed E-state index contributed by atoms with van der Waals surface area (Å²) in [4.78, 5) is 12.2. The molecule has 1 aromatic carbocycles. The van der Waals surface area contributed by atoms with Crippen molar-refractivity contribution in [2.75, 3.05) is 0 Å². The number of aryl methyl sites for hydroxylation is 2. The Bertz CT molecular complexity index is 821. The predicted molar refractivity (Wildman–Crippen MR) is 127 cm³/mol. The van der Waals surface area contributed by atoms with Gasteiger partial charge >= 0.3 is 0 Å². The molecule has 31 heavy (non-hydrogen) atoms. The van der Waals surface area contributed by atoms with Crippen molar-refractivity contribution in [3.63, 3.8) is 0 Å². The Labute approximate surface area is 188 Å². The maximum absolute atomic E-state index is 12.2. The molecular weight excluding hydrogens is 388 g/mol. The first kappa shape index (κ1) is 25.2. The van der Waals surface area contributed by atoms with E-state index in [0.29, 0.717) is 18.1 Å². The van der Waals surface area contributed by atoms with Crippen LogP contribution in [0.1, 0.15) is 77.8 Å². The van der Waals surface area contributed by atoms with E-state index in [9.17, 15) is 15.0 Å². The Hall–Kier alpha value is -2.07. The summed E-state index contributed by atoms with van der Waals surface area (Å²) in [7, 11) is 0. The van der Waals surface area contributed by atoms with Gasteiger partial charge in [0.05, 0.1) is 0 Å². The highest BCUT2D eigenvalue weighted by Gasteiger charge is 2.32. The normalized spacial score (nSPS) is 21.1. The number of phenols is 1. The summed E-state index contributed by atoms with van der Waals surface area (Å²) >= 11 is 0. The number of phenolic OH excluding ortho intramolecular Hbond substituents is 1. The number of ether oxygens (including phenoxy) is 1. The van der Waals surface area contributed by atoms with E-state index in [0.717, 1.165) is 49.0 Å². The molecule has 1 aliphatic rings. The van der Waals surface area contributed by atoms with E-state index in [1.165, 1.54) is 5.57 Å². The average molecular weight is 429 g/mol. The van der Waals surface area contributed by atoms with E-state index < -0.39 is 6.10 Å². The Kier molecular flexibility index (Phi) is 8.93. The quantitative estimate of drug-likeness (QED) is 0.444. The number of aliphatic hydroxyl groups excluding tert-OH is 1. The molecule has 0 radical (unpaired) electrons. The topological polar surface area (TPSA) is 66.8 Å². The fourth-order valence-corrected chi connectivity index (χ4v) is 4.16. The minimum absolute atomic E-state index is 0.0992. The van der Waals surface area contributed by atoms with E-state index in [1.54, 1.807) is 6.07 Å². The van der Waals surface area contributed by atoms with E-state index in [4.69, 9.17) is 4.74 Å². The zero-order valence-corrected chi connectivity index (χ0v) is 20.1. The van der Waals surface area contributed by atoms with E-state index in [1.807, 2.05) is 45.9 Å². The highest BCUT2D eigenvalue weighted by atomic mass is 16.5. The molecule has 4 heteroatoms. The van der Waals surface area contributed by atoms with E-state index in [-0.39, 0.29) is 17.3 Å². The van der Waals surface area contributed by atoms with Crippen molar-refractivity contribution >= 4 is 5.78 Å². The third-order valence-electron chi connectivity index (χ3n) is 6.11. The molecule has 172 valence electrons. The van der Waals surface area contributed by atoms with Crippen LogP contribution in [0.25, 0.3) is 0 Å². The lowest BCUT2D eigenvalue weighted by Crippen LogP contribution is -2.36. The fraction of sp³-hybridized carbons (Fsp3) is 0.593. The molecule has 0 fully saturated rings. The second-order valence-electron chi connectivity index (χ2n) is 9.86. The number of hydrogen-bond donors (Lipinski definition) is 2. The zero-order chi connectivity index (χ0) is 23.2. The molecule has 4 nitrogen and oxygen atoms in total. The number of fused-ring (bicyclic) bond motifs is 1. The molecule has 0 amide bonds. The molecule has 0 saturated heterocycles. The van der Waals surface area contributed by atoms with Crippen LogP contribution < -0.4 is 4.74 Å². The number of benzene rings is 1. The smallest absolute Gasteiger partial charge is 0.167 e. The van der Waals surface area contributed by atoms with Crippen molar-refractivity contribution in [3.05, 3.63) is 47.1 Å². The SMILES string of the molecule is C/C(=C\CC[C@]1(C)CCc2cc(O)cc(C)c2O1)CC=CC(C)C(=O)[C@H](O)CC(C)C. The molecule has 0 aliphatic carbocycles. The van der Waals surface area contributed by atoms with Crippen molar-refractivity contribution in [1.29, 1.82) is 0 Å². The summed E-state index contributed by atoms with van der Waals surface area (Å²) in [6.45, 7) is 12.1. The van der Waals surface area contributed by atoms with Crippen molar-refractivity contribution in [2.24, 2.45) is 11.8 Å². The van der Waals surface area contributed by atoms with Gasteiger partial charge in [0, 0.05) is 5.92 Å². The summed E-state index contributed by atoms with van der Waals surface area (Å²) < 4.78 is 6.36. The first-order valence-corrected chi connectivity index (χ1v) is 11.6. The Morgan fingerprint density at radius 3 is 2.68 bits per heavy atom. The highest BCUT2D eigenvalue weighted by molar-refractivity contribution is 5.86. The number of aromatic hydroxyl groups is 1. The fourth-order valence-electron chi connectivity index (χ4n) is 4.16. The number of aliphatic hydroxyl groups is 1. The van der Waals surface area contributed by atoms with Gasteiger partial charge in [0.2, 0.25) is 0 Å². The maximum atomic E-state index is 12.2. The van der Waals surface area contributed by atoms with Gasteiger partial charge in [-0.15, -0.1) is 0 Å². The highest BCUT2D eigenvalue weighted by Crippen LogP contribution is 2.39. The van der Waals surface area contributed by atoms with Crippen LogP contribution in [0.4, 0.5) is 0 Å².